The van der Waals surface area contributed by atoms with Crippen LogP contribution in [0.5, 0.6) is 0 Å². The molecule has 0 aromatic heterocycles. The summed E-state index contributed by atoms with van der Waals surface area (Å²) in [7, 11) is 0. The van der Waals surface area contributed by atoms with Crippen molar-refractivity contribution in [3.8, 4) is 0 Å². The molecule has 0 atom stereocenters. The van der Waals surface area contributed by atoms with Gasteiger partial charge in [0.05, 0.1) is 0 Å². The van der Waals surface area contributed by atoms with Crippen LogP contribution in [0.15, 0.2) is 22.7 Å². The van der Waals surface area contributed by atoms with E-state index in [0.717, 1.165) is 5.92 Å². The van der Waals surface area contributed by atoms with E-state index >= 15 is 0 Å². The summed E-state index contributed by atoms with van der Waals surface area (Å²) in [6.07, 6.45) is 12.7. The molecule has 0 spiro atoms. The van der Waals surface area contributed by atoms with Crippen molar-refractivity contribution < 1.29 is 0 Å². The van der Waals surface area contributed by atoms with Gasteiger partial charge in [0.25, 0.3) is 0 Å². The third-order valence-electron chi connectivity index (χ3n) is 2.85. The summed E-state index contributed by atoms with van der Waals surface area (Å²) in [4.78, 5) is 1.55. The Morgan fingerprint density at radius 3 is 2.54 bits per heavy atom. The average Bonchev–Trinajstić information content (AvgIpc) is 2.47. The van der Waals surface area contributed by atoms with Crippen LogP contribution in [0.2, 0.25) is 0 Å². The first-order valence-corrected chi connectivity index (χ1v) is 6.12. The minimum absolute atomic E-state index is 0.838. The van der Waals surface area contributed by atoms with Gasteiger partial charge >= 0.3 is 0 Å². The molecule has 13 heavy (non-hydrogen) atoms. The van der Waals surface area contributed by atoms with Crippen molar-refractivity contribution in [1.29, 1.82) is 0 Å². The molecule has 2 aliphatic rings. The molecule has 1 aliphatic heterocycles. The predicted molar refractivity (Wildman–Crippen MR) is 59.1 cm³/mol. The SMILES string of the molecule is C1=CSC(C2CCCCCC2)=CN1. The lowest BCUT2D eigenvalue weighted by molar-refractivity contribution is 0.549. The number of nitrogens with one attached hydrogen (secondary N) is 1. The lowest BCUT2D eigenvalue weighted by Gasteiger charge is -2.18. The molecule has 2 heteroatoms. The summed E-state index contributed by atoms with van der Waals surface area (Å²) < 4.78 is 0. The summed E-state index contributed by atoms with van der Waals surface area (Å²) >= 11 is 1.90. The normalized spacial score (nSPS) is 24.8. The van der Waals surface area contributed by atoms with Crippen molar-refractivity contribution in [3.63, 3.8) is 0 Å². The summed E-state index contributed by atoms with van der Waals surface area (Å²) in [5.74, 6) is 0.838. The fourth-order valence-corrected chi connectivity index (χ4v) is 2.96. The highest BCUT2D eigenvalue weighted by atomic mass is 32.2. The second kappa shape index (κ2) is 4.75. The molecule has 0 bridgehead atoms. The molecule has 0 unspecified atom stereocenters. The minimum Gasteiger partial charge on any atom is -0.366 e. The highest BCUT2D eigenvalue weighted by Gasteiger charge is 2.17. The van der Waals surface area contributed by atoms with Gasteiger partial charge in [0.15, 0.2) is 0 Å². The van der Waals surface area contributed by atoms with Gasteiger partial charge in [0, 0.05) is 17.3 Å². The molecule has 1 aliphatic carbocycles. The van der Waals surface area contributed by atoms with Crippen LogP contribution >= 0.6 is 11.8 Å². The zero-order valence-electron chi connectivity index (χ0n) is 7.96. The van der Waals surface area contributed by atoms with Crippen LogP contribution in [-0.4, -0.2) is 0 Å². The van der Waals surface area contributed by atoms with E-state index in [2.05, 4.69) is 16.9 Å². The standard InChI is InChI=1S/C11H17NS/c1-2-4-6-10(5-3-1)11-9-12-7-8-13-11/h7-10,12H,1-6H2. The Kier molecular flexibility index (Phi) is 3.36. The van der Waals surface area contributed by atoms with E-state index in [1.54, 1.807) is 4.91 Å². The highest BCUT2D eigenvalue weighted by molar-refractivity contribution is 8.05. The number of allylic oxidation sites excluding steroid dienone is 1. The van der Waals surface area contributed by atoms with Crippen LogP contribution in [-0.2, 0) is 0 Å². The van der Waals surface area contributed by atoms with Gasteiger partial charge in [-0.05, 0) is 24.2 Å². The van der Waals surface area contributed by atoms with E-state index in [1.807, 2.05) is 18.0 Å². The zero-order valence-corrected chi connectivity index (χ0v) is 8.78. The van der Waals surface area contributed by atoms with Crippen LogP contribution in [0, 0.1) is 5.92 Å². The van der Waals surface area contributed by atoms with Crippen molar-refractivity contribution in [3.05, 3.63) is 22.7 Å². The number of hydrogen-bond acceptors (Lipinski definition) is 2. The Morgan fingerprint density at radius 1 is 1.15 bits per heavy atom. The third kappa shape index (κ3) is 2.53. The van der Waals surface area contributed by atoms with Gasteiger partial charge in [-0.25, -0.2) is 0 Å². The zero-order chi connectivity index (χ0) is 8.93. The maximum Gasteiger partial charge on any atom is 0.0107 e. The monoisotopic (exact) mass is 195 g/mol. The van der Waals surface area contributed by atoms with Crippen LogP contribution in [0.3, 0.4) is 0 Å². The molecule has 1 fully saturated rings. The Labute approximate surface area is 84.7 Å². The maximum atomic E-state index is 3.19. The van der Waals surface area contributed by atoms with Crippen molar-refractivity contribution >= 4 is 11.8 Å². The molecule has 1 N–H and O–H groups in total. The second-order valence-corrected chi connectivity index (χ2v) is 4.80. The first-order valence-electron chi connectivity index (χ1n) is 5.24. The average molecular weight is 195 g/mol. The van der Waals surface area contributed by atoms with E-state index in [4.69, 9.17) is 0 Å². The van der Waals surface area contributed by atoms with E-state index < -0.39 is 0 Å². The summed E-state index contributed by atoms with van der Waals surface area (Å²) in [6, 6.07) is 0. The van der Waals surface area contributed by atoms with Gasteiger partial charge in [-0.3, -0.25) is 0 Å². The van der Waals surface area contributed by atoms with Gasteiger partial charge in [-0.2, -0.15) is 0 Å². The number of hydrogen-bond donors (Lipinski definition) is 1. The van der Waals surface area contributed by atoms with Gasteiger partial charge in [0.1, 0.15) is 0 Å². The fourth-order valence-electron chi connectivity index (χ4n) is 2.09. The van der Waals surface area contributed by atoms with E-state index in [1.165, 1.54) is 38.5 Å². The molecular formula is C11H17NS. The van der Waals surface area contributed by atoms with Crippen LogP contribution in [0.4, 0.5) is 0 Å². The lowest BCUT2D eigenvalue weighted by atomic mass is 10.0. The van der Waals surface area contributed by atoms with Crippen LogP contribution < -0.4 is 5.32 Å². The summed E-state index contributed by atoms with van der Waals surface area (Å²) in [5, 5.41) is 5.34. The number of thioether (sulfide) groups is 1. The molecule has 1 saturated carbocycles. The molecular weight excluding hydrogens is 178 g/mol. The number of rotatable bonds is 1. The van der Waals surface area contributed by atoms with Crippen LogP contribution in [0.1, 0.15) is 38.5 Å². The van der Waals surface area contributed by atoms with E-state index in [9.17, 15) is 0 Å². The highest BCUT2D eigenvalue weighted by Crippen LogP contribution is 2.35. The van der Waals surface area contributed by atoms with Gasteiger partial charge < -0.3 is 5.32 Å². The van der Waals surface area contributed by atoms with Crippen molar-refractivity contribution in [2.45, 2.75) is 38.5 Å². The first-order chi connectivity index (χ1) is 6.47. The molecule has 0 aromatic carbocycles. The van der Waals surface area contributed by atoms with E-state index in [0.29, 0.717) is 0 Å². The van der Waals surface area contributed by atoms with E-state index in [-0.39, 0.29) is 0 Å². The molecule has 72 valence electrons. The Balaban J connectivity index is 1.93. The topological polar surface area (TPSA) is 12.0 Å². The summed E-state index contributed by atoms with van der Waals surface area (Å²) in [5.41, 5.74) is 0. The predicted octanol–water partition coefficient (Wildman–Crippen LogP) is 3.61. The molecule has 1 heterocycles. The molecule has 0 aromatic rings. The van der Waals surface area contributed by atoms with Crippen molar-refractivity contribution in [2.75, 3.05) is 0 Å². The first kappa shape index (κ1) is 9.20. The van der Waals surface area contributed by atoms with Crippen LogP contribution in [0.25, 0.3) is 0 Å². The molecule has 0 radical (unpaired) electrons. The van der Waals surface area contributed by atoms with Gasteiger partial charge in [0.2, 0.25) is 0 Å². The largest absolute Gasteiger partial charge is 0.366 e. The van der Waals surface area contributed by atoms with Gasteiger partial charge in [-0.1, -0.05) is 37.4 Å². The molecule has 0 amide bonds. The van der Waals surface area contributed by atoms with Crippen molar-refractivity contribution in [2.24, 2.45) is 5.92 Å². The molecule has 0 saturated heterocycles. The lowest BCUT2D eigenvalue weighted by Crippen LogP contribution is -2.06. The molecule has 1 nitrogen and oxygen atoms in total. The smallest absolute Gasteiger partial charge is 0.0107 e. The third-order valence-corrected chi connectivity index (χ3v) is 3.85. The Morgan fingerprint density at radius 2 is 1.92 bits per heavy atom. The molecule has 2 rings (SSSR count). The maximum absolute atomic E-state index is 3.19. The second-order valence-electron chi connectivity index (χ2n) is 3.82. The Bertz CT molecular complexity index is 212. The van der Waals surface area contributed by atoms with Gasteiger partial charge in [-0.15, -0.1) is 0 Å². The Hall–Kier alpha value is -0.370. The van der Waals surface area contributed by atoms with Crippen molar-refractivity contribution in [1.82, 2.24) is 5.32 Å². The fraction of sp³-hybridized carbons (Fsp3) is 0.636. The quantitative estimate of drug-likeness (QED) is 0.641. The summed E-state index contributed by atoms with van der Waals surface area (Å²) in [6.45, 7) is 0. The minimum atomic E-state index is 0.838.